The van der Waals surface area contributed by atoms with Gasteiger partial charge in [0.2, 0.25) is 11.8 Å². The quantitative estimate of drug-likeness (QED) is 0.802. The molecule has 1 heterocycles. The molecule has 0 saturated carbocycles. The van der Waals surface area contributed by atoms with Gasteiger partial charge in [-0.25, -0.2) is 0 Å². The van der Waals surface area contributed by atoms with E-state index in [-0.39, 0.29) is 30.2 Å². The Morgan fingerprint density at radius 2 is 1.68 bits per heavy atom. The summed E-state index contributed by atoms with van der Waals surface area (Å²) in [5.41, 5.74) is 2.60. The van der Waals surface area contributed by atoms with Gasteiger partial charge < -0.3 is 20.1 Å². The smallest absolute Gasteiger partial charge is 0.224 e. The van der Waals surface area contributed by atoms with Crippen molar-refractivity contribution in [3.63, 3.8) is 0 Å². The lowest BCUT2D eigenvalue weighted by atomic mass is 9.95. The Bertz CT molecular complexity index is 846. The van der Waals surface area contributed by atoms with Crippen molar-refractivity contribution < 1.29 is 19.1 Å². The molecule has 1 aliphatic rings. The minimum Gasteiger partial charge on any atom is -0.486 e. The van der Waals surface area contributed by atoms with Gasteiger partial charge in [-0.2, -0.15) is 0 Å². The van der Waals surface area contributed by atoms with Gasteiger partial charge in [0.15, 0.2) is 11.5 Å². The summed E-state index contributed by atoms with van der Waals surface area (Å²) in [7, 11) is 0. The first kappa shape index (κ1) is 19.7. The molecule has 0 spiro atoms. The fraction of sp³-hybridized carbons (Fsp3) is 0.364. The van der Waals surface area contributed by atoms with Crippen molar-refractivity contribution in [3.05, 3.63) is 53.6 Å². The van der Waals surface area contributed by atoms with E-state index in [4.69, 9.17) is 9.47 Å². The van der Waals surface area contributed by atoms with E-state index in [9.17, 15) is 9.59 Å². The van der Waals surface area contributed by atoms with Gasteiger partial charge >= 0.3 is 0 Å². The molecule has 6 nitrogen and oxygen atoms in total. The highest BCUT2D eigenvalue weighted by atomic mass is 16.6. The van der Waals surface area contributed by atoms with Crippen LogP contribution in [0.1, 0.15) is 37.9 Å². The molecule has 6 heteroatoms. The fourth-order valence-electron chi connectivity index (χ4n) is 3.21. The van der Waals surface area contributed by atoms with Crippen LogP contribution >= 0.6 is 0 Å². The number of ether oxygens (including phenoxy) is 2. The number of hydrogen-bond donors (Lipinski definition) is 2. The molecule has 148 valence electrons. The molecule has 28 heavy (non-hydrogen) atoms. The molecule has 1 atom stereocenters. The Morgan fingerprint density at radius 1 is 1.00 bits per heavy atom. The van der Waals surface area contributed by atoms with Crippen LogP contribution in [0.4, 0.5) is 5.69 Å². The van der Waals surface area contributed by atoms with E-state index >= 15 is 0 Å². The fourth-order valence-corrected chi connectivity index (χ4v) is 3.21. The van der Waals surface area contributed by atoms with Crippen LogP contribution < -0.4 is 20.1 Å². The number of amides is 2. The Kier molecular flexibility index (Phi) is 6.19. The van der Waals surface area contributed by atoms with Gasteiger partial charge in [-0.1, -0.05) is 32.0 Å². The van der Waals surface area contributed by atoms with Crippen molar-refractivity contribution in [1.82, 2.24) is 5.32 Å². The average molecular weight is 382 g/mol. The van der Waals surface area contributed by atoms with E-state index in [0.717, 1.165) is 22.6 Å². The lowest BCUT2D eigenvalue weighted by molar-refractivity contribution is -0.121. The Hall–Kier alpha value is -3.02. The molecule has 0 fully saturated rings. The summed E-state index contributed by atoms with van der Waals surface area (Å²) in [6, 6.07) is 13.0. The highest BCUT2D eigenvalue weighted by molar-refractivity contribution is 5.88. The van der Waals surface area contributed by atoms with Crippen molar-refractivity contribution in [2.45, 2.75) is 33.2 Å². The summed E-state index contributed by atoms with van der Waals surface area (Å²) in [5.74, 6) is 1.50. The monoisotopic (exact) mass is 382 g/mol. The SMILES string of the molecule is CC(=O)Nc1ccc(CC(=O)NC(c2ccc3c(c2)OCCO3)C(C)C)cc1. The Balaban J connectivity index is 1.67. The van der Waals surface area contributed by atoms with Gasteiger partial charge in [-0.15, -0.1) is 0 Å². The van der Waals surface area contributed by atoms with Crippen LogP contribution in [0.3, 0.4) is 0 Å². The van der Waals surface area contributed by atoms with Gasteiger partial charge in [0.25, 0.3) is 0 Å². The van der Waals surface area contributed by atoms with E-state index in [1.807, 2.05) is 30.3 Å². The van der Waals surface area contributed by atoms with E-state index in [1.54, 1.807) is 12.1 Å². The normalized spacial score (nSPS) is 13.7. The van der Waals surface area contributed by atoms with Crippen LogP contribution in [-0.4, -0.2) is 25.0 Å². The zero-order valence-corrected chi connectivity index (χ0v) is 16.5. The van der Waals surface area contributed by atoms with Crippen molar-refractivity contribution in [3.8, 4) is 11.5 Å². The number of hydrogen-bond acceptors (Lipinski definition) is 4. The Morgan fingerprint density at radius 3 is 2.32 bits per heavy atom. The average Bonchev–Trinajstić information content (AvgIpc) is 2.66. The number of benzene rings is 2. The predicted octanol–water partition coefficient (Wildman–Crippen LogP) is 3.47. The van der Waals surface area contributed by atoms with Crippen LogP contribution in [0.5, 0.6) is 11.5 Å². The number of nitrogens with one attached hydrogen (secondary N) is 2. The number of rotatable bonds is 6. The molecule has 2 aromatic rings. The maximum atomic E-state index is 12.6. The number of anilines is 1. The molecule has 0 saturated heterocycles. The zero-order chi connectivity index (χ0) is 20.1. The largest absolute Gasteiger partial charge is 0.486 e. The summed E-state index contributed by atoms with van der Waals surface area (Å²) in [6.45, 7) is 6.69. The lowest BCUT2D eigenvalue weighted by Crippen LogP contribution is -2.33. The van der Waals surface area contributed by atoms with Crippen LogP contribution in [0.25, 0.3) is 0 Å². The summed E-state index contributed by atoms with van der Waals surface area (Å²) in [5, 5.41) is 5.85. The highest BCUT2D eigenvalue weighted by Crippen LogP contribution is 2.34. The van der Waals surface area contributed by atoms with Crippen LogP contribution in [0, 0.1) is 5.92 Å². The first-order valence-electron chi connectivity index (χ1n) is 9.48. The third kappa shape index (κ3) is 5.03. The molecule has 3 rings (SSSR count). The number of carbonyl (C=O) groups is 2. The maximum absolute atomic E-state index is 12.6. The molecule has 0 aliphatic carbocycles. The Labute approximate surface area is 165 Å². The van der Waals surface area contributed by atoms with E-state index in [1.165, 1.54) is 6.92 Å². The van der Waals surface area contributed by atoms with E-state index in [2.05, 4.69) is 24.5 Å². The summed E-state index contributed by atoms with van der Waals surface area (Å²) in [6.07, 6.45) is 0.272. The number of carbonyl (C=O) groups excluding carboxylic acids is 2. The minimum absolute atomic E-state index is 0.0548. The van der Waals surface area contributed by atoms with Gasteiger partial charge in [0.1, 0.15) is 13.2 Å². The van der Waals surface area contributed by atoms with Crippen molar-refractivity contribution in [2.75, 3.05) is 18.5 Å². The minimum atomic E-state index is -0.123. The number of fused-ring (bicyclic) bond motifs is 1. The highest BCUT2D eigenvalue weighted by Gasteiger charge is 2.21. The second kappa shape index (κ2) is 8.78. The molecule has 2 aromatic carbocycles. The van der Waals surface area contributed by atoms with Crippen LogP contribution in [0.2, 0.25) is 0 Å². The third-order valence-electron chi connectivity index (χ3n) is 4.55. The molecule has 1 aliphatic heterocycles. The first-order chi connectivity index (χ1) is 13.4. The van der Waals surface area contributed by atoms with Crippen molar-refractivity contribution >= 4 is 17.5 Å². The van der Waals surface area contributed by atoms with Crippen molar-refractivity contribution in [2.24, 2.45) is 5.92 Å². The van der Waals surface area contributed by atoms with Crippen LogP contribution in [-0.2, 0) is 16.0 Å². The van der Waals surface area contributed by atoms with Gasteiger partial charge in [-0.3, -0.25) is 9.59 Å². The zero-order valence-electron chi connectivity index (χ0n) is 16.5. The topological polar surface area (TPSA) is 76.7 Å². The molecule has 2 N–H and O–H groups in total. The standard InChI is InChI=1S/C22H26N2O4/c1-14(2)22(17-6-9-19-20(13-17)28-11-10-27-19)24-21(26)12-16-4-7-18(8-5-16)23-15(3)25/h4-9,13-14,22H,10-12H2,1-3H3,(H,23,25)(H,24,26). The summed E-state index contributed by atoms with van der Waals surface area (Å²) < 4.78 is 11.2. The molecule has 0 bridgehead atoms. The second-order valence-electron chi connectivity index (χ2n) is 7.25. The first-order valence-corrected chi connectivity index (χ1v) is 9.48. The summed E-state index contributed by atoms with van der Waals surface area (Å²) in [4.78, 5) is 23.7. The second-order valence-corrected chi connectivity index (χ2v) is 7.25. The molecule has 0 radical (unpaired) electrons. The van der Waals surface area contributed by atoms with E-state index < -0.39 is 0 Å². The van der Waals surface area contributed by atoms with Crippen LogP contribution in [0.15, 0.2) is 42.5 Å². The summed E-state index contributed by atoms with van der Waals surface area (Å²) >= 11 is 0. The van der Waals surface area contributed by atoms with E-state index in [0.29, 0.717) is 18.9 Å². The third-order valence-corrected chi connectivity index (χ3v) is 4.55. The molecule has 2 amide bonds. The molecule has 0 aromatic heterocycles. The predicted molar refractivity (Wildman–Crippen MR) is 108 cm³/mol. The van der Waals surface area contributed by atoms with Gasteiger partial charge in [0, 0.05) is 12.6 Å². The molecule has 1 unspecified atom stereocenters. The molecular weight excluding hydrogens is 356 g/mol. The molecular formula is C22H26N2O4. The van der Waals surface area contributed by atoms with Gasteiger partial charge in [-0.05, 0) is 41.3 Å². The van der Waals surface area contributed by atoms with Gasteiger partial charge in [0.05, 0.1) is 12.5 Å². The van der Waals surface area contributed by atoms with Crippen molar-refractivity contribution in [1.29, 1.82) is 0 Å². The maximum Gasteiger partial charge on any atom is 0.224 e. The lowest BCUT2D eigenvalue weighted by Gasteiger charge is -2.25.